The highest BCUT2D eigenvalue weighted by molar-refractivity contribution is 7.92. The predicted molar refractivity (Wildman–Crippen MR) is 118 cm³/mol. The lowest BCUT2D eigenvalue weighted by atomic mass is 10.0. The zero-order valence-corrected chi connectivity index (χ0v) is 17.0. The van der Waals surface area contributed by atoms with Crippen molar-refractivity contribution >= 4 is 22.7 Å². The summed E-state index contributed by atoms with van der Waals surface area (Å²) in [6.07, 6.45) is 0. The summed E-state index contributed by atoms with van der Waals surface area (Å²) < 4.78 is 21.5. The Labute approximate surface area is 174 Å². The highest BCUT2D eigenvalue weighted by Gasteiger charge is 2.20. The van der Waals surface area contributed by atoms with Crippen LogP contribution < -0.4 is 20.5 Å². The minimum absolute atomic E-state index is 0.0289. The largest absolute Gasteiger partial charge is 0.588 e. The van der Waals surface area contributed by atoms with E-state index >= 15 is 0 Å². The molecule has 0 saturated carbocycles. The van der Waals surface area contributed by atoms with Gasteiger partial charge in [-0.1, -0.05) is 30.3 Å². The molecule has 3 aromatic carbocycles. The second kappa shape index (κ2) is 10.2. The molecule has 0 radical (unpaired) electrons. The fourth-order valence-electron chi connectivity index (χ4n) is 2.92. The molecule has 0 saturated heterocycles. The summed E-state index contributed by atoms with van der Waals surface area (Å²) in [6, 6.07) is 20.7. The van der Waals surface area contributed by atoms with Gasteiger partial charge >= 0.3 is 0 Å². The van der Waals surface area contributed by atoms with Crippen LogP contribution in [0.1, 0.15) is 5.56 Å². The van der Waals surface area contributed by atoms with Gasteiger partial charge in [-0.15, -0.1) is 0 Å². The molecule has 152 valence electrons. The molecule has 0 aromatic heterocycles. The summed E-state index contributed by atoms with van der Waals surface area (Å²) >= 11 is -1.53. The van der Waals surface area contributed by atoms with Crippen molar-refractivity contribution in [2.75, 3.05) is 30.2 Å². The molecule has 6 nitrogen and oxygen atoms in total. The van der Waals surface area contributed by atoms with Gasteiger partial charge in [-0.2, -0.15) is 0 Å². The molecule has 0 heterocycles. The van der Waals surface area contributed by atoms with E-state index in [-0.39, 0.29) is 6.61 Å². The monoisotopic (exact) mass is 411 g/mol. The Morgan fingerprint density at radius 1 is 1.00 bits per heavy atom. The molecule has 0 amide bonds. The molecular weight excluding hydrogens is 386 g/mol. The molecular formula is C22H25N3O3S. The number of nitrogens with two attached hydrogens (primary N) is 1. The number of hydrogen-bond donors (Lipinski definition) is 4. The van der Waals surface area contributed by atoms with Crippen molar-refractivity contribution in [1.82, 2.24) is 0 Å². The van der Waals surface area contributed by atoms with Gasteiger partial charge in [0.05, 0.1) is 19.4 Å². The molecule has 0 aliphatic carbocycles. The van der Waals surface area contributed by atoms with Crippen LogP contribution in [0.25, 0.3) is 11.1 Å². The Bertz CT molecular complexity index is 952. The molecule has 7 heteroatoms. The number of nitrogens with one attached hydrogen (secondary N) is 2. The van der Waals surface area contributed by atoms with E-state index < -0.39 is 11.4 Å². The average Bonchev–Trinajstić information content (AvgIpc) is 2.77. The Kier molecular flexibility index (Phi) is 7.37. The second-order valence-electron chi connectivity index (χ2n) is 6.39. The Balaban J connectivity index is 1.86. The van der Waals surface area contributed by atoms with E-state index in [0.29, 0.717) is 23.7 Å². The van der Waals surface area contributed by atoms with Gasteiger partial charge in [0.15, 0.2) is 5.75 Å². The molecule has 0 fully saturated rings. The number of rotatable bonds is 9. The molecule has 3 aromatic rings. The first-order valence-electron chi connectivity index (χ1n) is 9.25. The SMILES string of the molecule is COc1ccc(-c2cccc(CO)c2)cc1[S+]([O-])Nc1cccc(NCCN)c1. The maximum Gasteiger partial charge on any atom is 0.222 e. The maximum absolute atomic E-state index is 13.1. The van der Waals surface area contributed by atoms with Crippen molar-refractivity contribution in [3.63, 3.8) is 0 Å². The third-order valence-electron chi connectivity index (χ3n) is 4.35. The second-order valence-corrected chi connectivity index (χ2v) is 7.57. The first-order valence-corrected chi connectivity index (χ1v) is 10.4. The fraction of sp³-hybridized carbons (Fsp3) is 0.182. The highest BCUT2D eigenvalue weighted by Crippen LogP contribution is 2.32. The molecule has 1 atom stereocenters. The quantitative estimate of drug-likeness (QED) is 0.403. The van der Waals surface area contributed by atoms with Gasteiger partial charge < -0.3 is 25.4 Å². The molecule has 0 spiro atoms. The zero-order chi connectivity index (χ0) is 20.6. The molecule has 1 unspecified atom stereocenters. The van der Waals surface area contributed by atoms with Crippen LogP contribution in [0.2, 0.25) is 0 Å². The van der Waals surface area contributed by atoms with Crippen molar-refractivity contribution in [2.24, 2.45) is 5.73 Å². The van der Waals surface area contributed by atoms with E-state index in [1.807, 2.05) is 60.7 Å². The van der Waals surface area contributed by atoms with Crippen LogP contribution in [0.15, 0.2) is 71.6 Å². The lowest BCUT2D eigenvalue weighted by Gasteiger charge is -2.16. The van der Waals surface area contributed by atoms with Crippen molar-refractivity contribution in [1.29, 1.82) is 0 Å². The van der Waals surface area contributed by atoms with Crippen LogP contribution >= 0.6 is 0 Å². The van der Waals surface area contributed by atoms with Crippen LogP contribution in [0.3, 0.4) is 0 Å². The van der Waals surface area contributed by atoms with Gasteiger partial charge in [0.25, 0.3) is 0 Å². The van der Waals surface area contributed by atoms with Crippen molar-refractivity contribution in [3.05, 3.63) is 72.3 Å². The van der Waals surface area contributed by atoms with E-state index in [1.165, 1.54) is 0 Å². The average molecular weight is 412 g/mol. The molecule has 0 bridgehead atoms. The van der Waals surface area contributed by atoms with Gasteiger partial charge in [-0.3, -0.25) is 0 Å². The Hall–Kier alpha value is -2.71. The maximum atomic E-state index is 13.1. The zero-order valence-electron chi connectivity index (χ0n) is 16.2. The van der Waals surface area contributed by atoms with E-state index in [9.17, 15) is 9.66 Å². The molecule has 0 aliphatic rings. The molecule has 3 rings (SSSR count). The van der Waals surface area contributed by atoms with E-state index in [1.54, 1.807) is 13.2 Å². The van der Waals surface area contributed by atoms with Gasteiger partial charge in [-0.25, -0.2) is 4.72 Å². The number of anilines is 2. The first kappa shape index (κ1) is 21.0. The highest BCUT2D eigenvalue weighted by atomic mass is 32.2. The van der Waals surface area contributed by atoms with Crippen LogP contribution in [0, 0.1) is 0 Å². The summed E-state index contributed by atoms with van der Waals surface area (Å²) in [4.78, 5) is 0.541. The molecule has 5 N–H and O–H groups in total. The minimum Gasteiger partial charge on any atom is -0.588 e. The summed E-state index contributed by atoms with van der Waals surface area (Å²) in [6.45, 7) is 1.17. The molecule has 0 aliphatic heterocycles. The van der Waals surface area contributed by atoms with Crippen molar-refractivity contribution in [3.8, 4) is 16.9 Å². The first-order chi connectivity index (χ1) is 14.1. The van der Waals surface area contributed by atoms with Gasteiger partial charge in [0.2, 0.25) is 4.90 Å². The molecule has 29 heavy (non-hydrogen) atoms. The third kappa shape index (κ3) is 5.42. The van der Waals surface area contributed by atoms with Crippen molar-refractivity contribution < 1.29 is 14.4 Å². The predicted octanol–water partition coefficient (Wildman–Crippen LogP) is 3.36. The van der Waals surface area contributed by atoms with E-state index in [0.717, 1.165) is 28.1 Å². The van der Waals surface area contributed by atoms with Gasteiger partial charge in [0, 0.05) is 24.8 Å². The van der Waals surface area contributed by atoms with Crippen LogP contribution in [0.5, 0.6) is 5.75 Å². The van der Waals surface area contributed by atoms with E-state index in [4.69, 9.17) is 10.5 Å². The van der Waals surface area contributed by atoms with Gasteiger partial charge in [-0.05, 0) is 47.0 Å². The number of aliphatic hydroxyl groups is 1. The summed E-state index contributed by atoms with van der Waals surface area (Å²) in [5.74, 6) is 0.537. The summed E-state index contributed by atoms with van der Waals surface area (Å²) in [5.41, 5.74) is 9.80. The van der Waals surface area contributed by atoms with Crippen LogP contribution in [0.4, 0.5) is 11.4 Å². The number of benzene rings is 3. The van der Waals surface area contributed by atoms with Crippen LogP contribution in [-0.4, -0.2) is 29.9 Å². The Morgan fingerprint density at radius 3 is 2.52 bits per heavy atom. The number of aliphatic hydroxyl groups excluding tert-OH is 1. The fourth-order valence-corrected chi connectivity index (χ4v) is 3.94. The van der Waals surface area contributed by atoms with Crippen LogP contribution in [-0.2, 0) is 18.0 Å². The standard InChI is InChI=1S/C22H25N3O3S/c1-28-21-9-8-18(17-5-2-4-16(12-17)15-26)13-22(21)29(27)25-20-7-3-6-19(14-20)24-11-10-23/h2-9,12-14,24-26H,10-11,15,23H2,1H3. The number of methoxy groups -OCH3 is 1. The third-order valence-corrected chi connectivity index (χ3v) is 5.49. The summed E-state index contributed by atoms with van der Waals surface area (Å²) in [7, 11) is 1.56. The smallest absolute Gasteiger partial charge is 0.222 e. The number of hydrogen-bond acceptors (Lipinski definition) is 6. The minimum atomic E-state index is -1.53. The van der Waals surface area contributed by atoms with Gasteiger partial charge in [0.1, 0.15) is 11.4 Å². The van der Waals surface area contributed by atoms with Crippen molar-refractivity contribution in [2.45, 2.75) is 11.5 Å². The topological polar surface area (TPSA) is 103 Å². The van der Waals surface area contributed by atoms with E-state index in [2.05, 4.69) is 10.0 Å². The lowest BCUT2D eigenvalue weighted by molar-refractivity contribution is 0.282. The lowest BCUT2D eigenvalue weighted by Crippen LogP contribution is -2.15. The number of ether oxygens (including phenoxy) is 1. The summed E-state index contributed by atoms with van der Waals surface area (Å²) in [5, 5.41) is 12.6. The normalized spacial score (nSPS) is 11.7. The Morgan fingerprint density at radius 2 is 1.76 bits per heavy atom.